The third kappa shape index (κ3) is 5.96. The Morgan fingerprint density at radius 3 is 1.79 bits per heavy atom. The first-order chi connectivity index (χ1) is 37.3. The molecule has 2 aromatic heterocycles. The summed E-state index contributed by atoms with van der Waals surface area (Å²) in [6, 6.07) is 65.7. The maximum atomic E-state index is 7.33. The second-order valence-corrected chi connectivity index (χ2v) is 27.1. The van der Waals surface area contributed by atoms with E-state index in [-0.39, 0.29) is 33.9 Å². The predicted molar refractivity (Wildman–Crippen MR) is 330 cm³/mol. The van der Waals surface area contributed by atoms with Gasteiger partial charge in [0.1, 0.15) is 11.3 Å². The van der Waals surface area contributed by atoms with E-state index in [9.17, 15) is 0 Å². The average Bonchev–Trinajstić information content (AvgIpc) is 4.30. The number of furan rings is 1. The number of nitrogens with zero attached hydrogens (tertiary/aromatic N) is 2. The van der Waals surface area contributed by atoms with E-state index in [0.717, 1.165) is 33.4 Å². The lowest BCUT2D eigenvalue weighted by Gasteiger charge is -2.42. The van der Waals surface area contributed by atoms with Gasteiger partial charge in [0.25, 0.3) is 0 Å². The van der Waals surface area contributed by atoms with E-state index in [4.69, 9.17) is 4.42 Å². The Hall–Kier alpha value is -7.82. The van der Waals surface area contributed by atoms with Crippen LogP contribution in [-0.4, -0.2) is 11.4 Å². The lowest BCUT2D eigenvalue weighted by molar-refractivity contribution is 0.331. The third-order valence-electron chi connectivity index (χ3n) is 20.0. The summed E-state index contributed by atoms with van der Waals surface area (Å²) < 4.78 is 10.0. The molecule has 0 unspecified atom stereocenters. The third-order valence-corrected chi connectivity index (χ3v) is 20.0. The van der Waals surface area contributed by atoms with Crippen LogP contribution in [-0.2, 0) is 27.1 Å². The van der Waals surface area contributed by atoms with Crippen LogP contribution in [0.3, 0.4) is 0 Å². The van der Waals surface area contributed by atoms with Gasteiger partial charge in [-0.05, 0) is 167 Å². The predicted octanol–water partition coefficient (Wildman–Crippen LogP) is 18.4. The number of anilines is 2. The minimum Gasteiger partial charge on any atom is -0.455 e. The molecule has 0 spiro atoms. The Balaban J connectivity index is 1.05. The quantitative estimate of drug-likeness (QED) is 0.165. The van der Waals surface area contributed by atoms with Crippen molar-refractivity contribution in [3.8, 4) is 61.5 Å². The summed E-state index contributed by atoms with van der Waals surface area (Å²) in [6.07, 6.45) is 2.38. The zero-order valence-electron chi connectivity index (χ0n) is 47.0. The second-order valence-electron chi connectivity index (χ2n) is 27.1. The highest BCUT2D eigenvalue weighted by Crippen LogP contribution is 2.59. The summed E-state index contributed by atoms with van der Waals surface area (Å²) in [7, 11) is 0. The number of aromatic nitrogens is 1. The van der Waals surface area contributed by atoms with Crippen molar-refractivity contribution >= 4 is 61.9 Å². The molecule has 0 saturated heterocycles. The Bertz CT molecular complexity index is 4460. The molecule has 16 rings (SSSR count). The van der Waals surface area contributed by atoms with Gasteiger partial charge >= 0.3 is 6.85 Å². The van der Waals surface area contributed by atoms with Crippen molar-refractivity contribution < 1.29 is 4.42 Å². The van der Waals surface area contributed by atoms with Crippen LogP contribution >= 0.6 is 0 Å². The van der Waals surface area contributed by atoms with Crippen LogP contribution in [0.25, 0.3) is 94.3 Å². The van der Waals surface area contributed by atoms with E-state index < -0.39 is 0 Å². The van der Waals surface area contributed by atoms with Crippen LogP contribution in [0.5, 0.6) is 0 Å². The fourth-order valence-electron chi connectivity index (χ4n) is 15.5. The molecule has 3 aliphatic carbocycles. The largest absolute Gasteiger partial charge is 0.455 e. The number of benzene rings is 9. The Labute approximate surface area is 459 Å². The van der Waals surface area contributed by atoms with E-state index in [0.29, 0.717) is 0 Å². The van der Waals surface area contributed by atoms with Gasteiger partial charge in [-0.25, -0.2) is 0 Å². The molecule has 5 aliphatic rings. The van der Waals surface area contributed by atoms with Crippen molar-refractivity contribution in [1.29, 1.82) is 0 Å². The van der Waals surface area contributed by atoms with Gasteiger partial charge in [-0.3, -0.25) is 0 Å². The molecule has 4 heterocycles. The molecule has 0 amide bonds. The van der Waals surface area contributed by atoms with Crippen LogP contribution in [0.2, 0.25) is 0 Å². The highest BCUT2D eigenvalue weighted by atomic mass is 16.3. The smallest absolute Gasteiger partial charge is 0.333 e. The van der Waals surface area contributed by atoms with Crippen molar-refractivity contribution in [2.24, 2.45) is 0 Å². The summed E-state index contributed by atoms with van der Waals surface area (Å²) in [5, 5.41) is 3.70. The lowest BCUT2D eigenvalue weighted by atomic mass is 9.44. The molecule has 0 N–H and O–H groups in total. The second kappa shape index (κ2) is 15.1. The maximum Gasteiger partial charge on any atom is 0.333 e. The first-order valence-corrected chi connectivity index (χ1v) is 28.6. The molecule has 0 fully saturated rings. The van der Waals surface area contributed by atoms with E-state index in [1.807, 2.05) is 0 Å². The monoisotopic (exact) mass is 1010 g/mol. The molecule has 3 nitrogen and oxygen atoms in total. The van der Waals surface area contributed by atoms with Crippen LogP contribution in [0.15, 0.2) is 174 Å². The normalized spacial score (nSPS) is 17.2. The fraction of sp³-hybridized carbons (Fsp3) is 0.243. The highest BCUT2D eigenvalue weighted by molar-refractivity contribution is 6.94. The van der Waals surface area contributed by atoms with Crippen molar-refractivity contribution in [1.82, 2.24) is 4.57 Å². The maximum absolute atomic E-state index is 7.33. The van der Waals surface area contributed by atoms with Gasteiger partial charge in [0.05, 0.1) is 11.0 Å². The number of rotatable bonds is 3. The molecule has 0 atom stereocenters. The summed E-state index contributed by atoms with van der Waals surface area (Å²) in [5.41, 5.74) is 30.9. The fourth-order valence-corrected chi connectivity index (χ4v) is 15.5. The van der Waals surface area contributed by atoms with Gasteiger partial charge in [0, 0.05) is 60.7 Å². The molecular formula is C74H65BN2O. The van der Waals surface area contributed by atoms with Crippen LogP contribution in [0.1, 0.15) is 128 Å². The summed E-state index contributed by atoms with van der Waals surface area (Å²) >= 11 is 0. The Morgan fingerprint density at radius 2 is 1.08 bits per heavy atom. The Kier molecular flexibility index (Phi) is 8.93. The minimum absolute atomic E-state index is 0.00156. The van der Waals surface area contributed by atoms with E-state index >= 15 is 0 Å². The molecule has 78 heavy (non-hydrogen) atoms. The number of hydrogen-bond donors (Lipinski definition) is 0. The van der Waals surface area contributed by atoms with Crippen molar-refractivity contribution in [2.45, 2.75) is 116 Å². The topological polar surface area (TPSA) is 21.3 Å². The van der Waals surface area contributed by atoms with Gasteiger partial charge in [-0.15, -0.1) is 0 Å². The van der Waals surface area contributed by atoms with Crippen molar-refractivity contribution in [3.05, 3.63) is 209 Å². The average molecular weight is 1010 g/mol. The van der Waals surface area contributed by atoms with Gasteiger partial charge in [0.15, 0.2) is 0 Å². The van der Waals surface area contributed by atoms with Gasteiger partial charge < -0.3 is 13.8 Å². The summed E-state index contributed by atoms with van der Waals surface area (Å²) in [6.45, 7) is 26.4. The highest BCUT2D eigenvalue weighted by Gasteiger charge is 2.48. The number of fused-ring (bicyclic) bond motifs is 16. The SMILES string of the molecule is CC(C)(C)c1ccc(N2B3c4cc5oc(-c6ccccc6)c(-c6ccccc6)c5cc4-n4c5cc6c(cc5c5ccc(c3c54)-c3cc4c(cc32)C(C)(C)c2cc3c(cc2-4)C(C)(C)CCC3(C)C)-c2ccccc2C6(C)C)cc1. The van der Waals surface area contributed by atoms with E-state index in [2.05, 4.69) is 255 Å². The summed E-state index contributed by atoms with van der Waals surface area (Å²) in [4.78, 5) is 2.73. The van der Waals surface area contributed by atoms with Gasteiger partial charge in [-0.2, -0.15) is 0 Å². The first kappa shape index (κ1) is 46.3. The number of hydrogen-bond acceptors (Lipinski definition) is 2. The molecule has 9 aromatic carbocycles. The van der Waals surface area contributed by atoms with Crippen LogP contribution < -0.4 is 15.7 Å². The van der Waals surface area contributed by atoms with Gasteiger partial charge in [0.2, 0.25) is 0 Å². The molecule has 4 heteroatoms. The molecule has 2 aliphatic heterocycles. The van der Waals surface area contributed by atoms with E-state index in [1.165, 1.54) is 135 Å². The minimum atomic E-state index is -0.218. The molecule has 11 aromatic rings. The van der Waals surface area contributed by atoms with E-state index in [1.54, 1.807) is 0 Å². The van der Waals surface area contributed by atoms with Crippen molar-refractivity contribution in [3.63, 3.8) is 0 Å². The van der Waals surface area contributed by atoms with Crippen molar-refractivity contribution in [2.75, 3.05) is 4.81 Å². The zero-order valence-corrected chi connectivity index (χ0v) is 47.0. The molecular weight excluding hydrogens is 944 g/mol. The van der Waals surface area contributed by atoms with Crippen LogP contribution in [0.4, 0.5) is 11.4 Å². The molecule has 0 radical (unpaired) electrons. The van der Waals surface area contributed by atoms with Crippen LogP contribution in [0, 0.1) is 0 Å². The lowest BCUT2D eigenvalue weighted by Crippen LogP contribution is -2.60. The standard InChI is InChI=1S/C74H65BN2O/c1-70(2,3)44-26-28-45(29-27-44)77-63-40-58-50(51-36-59-60(38-56(51)74(58,10)11)72(6,7)33-32-71(59,4)5)35-52(63)47-30-31-48-53-34-49-46-24-18-19-25-55(46)73(8,9)57(49)39-62(53)76-64-37-54-65(41-61(64)75(77)67(47)68(48)76)78-69(43-22-16-13-17-23-43)66(54)42-20-14-12-15-21-42/h12-31,34-41H,32-33H2,1-11H3. The molecule has 0 saturated carbocycles. The Morgan fingerprint density at radius 1 is 0.462 bits per heavy atom. The summed E-state index contributed by atoms with van der Waals surface area (Å²) in [5.74, 6) is 0.895. The molecule has 0 bridgehead atoms. The zero-order chi connectivity index (χ0) is 53.3. The van der Waals surface area contributed by atoms with Gasteiger partial charge in [-0.1, -0.05) is 191 Å². The first-order valence-electron chi connectivity index (χ1n) is 28.6. The molecule has 380 valence electrons.